The van der Waals surface area contributed by atoms with Crippen molar-refractivity contribution in [3.63, 3.8) is 0 Å². The molecule has 0 radical (unpaired) electrons. The van der Waals surface area contributed by atoms with Crippen molar-refractivity contribution >= 4 is 0 Å². The highest BCUT2D eigenvalue weighted by Crippen LogP contribution is 2.34. The fourth-order valence-electron chi connectivity index (χ4n) is 2.92. The third kappa shape index (κ3) is 2.24. The Labute approximate surface area is 105 Å². The van der Waals surface area contributed by atoms with E-state index in [-0.39, 0.29) is 5.54 Å². The van der Waals surface area contributed by atoms with Gasteiger partial charge < -0.3 is 10.2 Å². The van der Waals surface area contributed by atoms with Gasteiger partial charge in [-0.25, -0.2) is 0 Å². The van der Waals surface area contributed by atoms with Crippen LogP contribution in [0.15, 0.2) is 18.2 Å². The van der Waals surface area contributed by atoms with Gasteiger partial charge in [0.15, 0.2) is 0 Å². The molecule has 1 aliphatic rings. The first-order valence-corrected chi connectivity index (χ1v) is 6.53. The molecule has 0 spiro atoms. The molecule has 0 unspecified atom stereocenters. The molecular formula is C15H24N2. The van der Waals surface area contributed by atoms with Gasteiger partial charge in [0.2, 0.25) is 0 Å². The highest BCUT2D eigenvalue weighted by atomic mass is 15.1. The highest BCUT2D eigenvalue weighted by molar-refractivity contribution is 5.38. The van der Waals surface area contributed by atoms with Crippen molar-refractivity contribution in [1.29, 1.82) is 0 Å². The van der Waals surface area contributed by atoms with Crippen LogP contribution in [-0.4, -0.2) is 32.1 Å². The fraction of sp³-hybridized carbons (Fsp3) is 0.600. The van der Waals surface area contributed by atoms with E-state index in [0.29, 0.717) is 0 Å². The van der Waals surface area contributed by atoms with Gasteiger partial charge in [-0.1, -0.05) is 18.2 Å². The number of benzene rings is 1. The van der Waals surface area contributed by atoms with Gasteiger partial charge >= 0.3 is 0 Å². The first-order chi connectivity index (χ1) is 8.09. The standard InChI is InChI=1S/C15H24N2/c1-12-6-5-7-14(13(12)2)15(16-3)8-10-17(4)11-9-15/h5-7,16H,8-11H2,1-4H3. The lowest BCUT2D eigenvalue weighted by Gasteiger charge is -2.42. The van der Waals surface area contributed by atoms with Crippen LogP contribution in [-0.2, 0) is 5.54 Å². The number of hydrogen-bond donors (Lipinski definition) is 1. The number of nitrogens with one attached hydrogen (secondary N) is 1. The average molecular weight is 232 g/mol. The van der Waals surface area contributed by atoms with Crippen molar-refractivity contribution in [2.24, 2.45) is 0 Å². The van der Waals surface area contributed by atoms with Crippen LogP contribution in [0.2, 0.25) is 0 Å². The van der Waals surface area contributed by atoms with E-state index >= 15 is 0 Å². The smallest absolute Gasteiger partial charge is 0.0459 e. The molecule has 1 aromatic rings. The van der Waals surface area contributed by atoms with Gasteiger partial charge in [0.25, 0.3) is 0 Å². The number of hydrogen-bond acceptors (Lipinski definition) is 2. The van der Waals surface area contributed by atoms with Gasteiger partial charge in [0, 0.05) is 5.54 Å². The van der Waals surface area contributed by atoms with Crippen molar-refractivity contribution in [2.45, 2.75) is 32.2 Å². The van der Waals surface area contributed by atoms with Crippen LogP contribution in [0.5, 0.6) is 0 Å². The molecule has 2 heteroatoms. The van der Waals surface area contributed by atoms with Crippen molar-refractivity contribution < 1.29 is 0 Å². The van der Waals surface area contributed by atoms with E-state index in [0.717, 1.165) is 0 Å². The SMILES string of the molecule is CNC1(c2cccc(C)c2C)CCN(C)CC1. The summed E-state index contributed by atoms with van der Waals surface area (Å²) in [6, 6.07) is 6.69. The summed E-state index contributed by atoms with van der Waals surface area (Å²) in [5.41, 5.74) is 4.53. The zero-order valence-corrected chi connectivity index (χ0v) is 11.5. The van der Waals surface area contributed by atoms with Crippen LogP contribution in [0.1, 0.15) is 29.5 Å². The Bertz CT molecular complexity index is 390. The Morgan fingerprint density at radius 3 is 2.41 bits per heavy atom. The molecule has 1 fully saturated rings. The lowest BCUT2D eigenvalue weighted by Crippen LogP contribution is -2.49. The minimum atomic E-state index is 0.183. The number of piperidine rings is 1. The molecule has 2 nitrogen and oxygen atoms in total. The summed E-state index contributed by atoms with van der Waals surface area (Å²) in [7, 11) is 4.32. The zero-order chi connectivity index (χ0) is 12.5. The Morgan fingerprint density at radius 1 is 1.18 bits per heavy atom. The second-order valence-electron chi connectivity index (χ2n) is 5.38. The Kier molecular flexibility index (Phi) is 3.55. The first kappa shape index (κ1) is 12.6. The maximum absolute atomic E-state index is 3.60. The van der Waals surface area contributed by atoms with Crippen molar-refractivity contribution in [3.8, 4) is 0 Å². The first-order valence-electron chi connectivity index (χ1n) is 6.53. The Hall–Kier alpha value is -0.860. The summed E-state index contributed by atoms with van der Waals surface area (Å²) in [5, 5.41) is 3.60. The monoisotopic (exact) mass is 232 g/mol. The minimum Gasteiger partial charge on any atom is -0.310 e. The molecule has 0 aliphatic carbocycles. The summed E-state index contributed by atoms with van der Waals surface area (Å²) in [6.07, 6.45) is 2.40. The molecule has 1 aliphatic heterocycles. The highest BCUT2D eigenvalue weighted by Gasteiger charge is 2.34. The van der Waals surface area contributed by atoms with E-state index in [1.807, 2.05) is 0 Å². The summed E-state index contributed by atoms with van der Waals surface area (Å²) in [6.45, 7) is 6.81. The molecule has 0 saturated carbocycles. The lowest BCUT2D eigenvalue weighted by atomic mass is 9.78. The maximum atomic E-state index is 3.60. The number of aryl methyl sites for hydroxylation is 1. The van der Waals surface area contributed by atoms with Crippen molar-refractivity contribution in [3.05, 3.63) is 34.9 Å². The van der Waals surface area contributed by atoms with Gasteiger partial charge in [0.05, 0.1) is 0 Å². The zero-order valence-electron chi connectivity index (χ0n) is 11.5. The number of likely N-dealkylation sites (tertiary alicyclic amines) is 1. The van der Waals surface area contributed by atoms with E-state index in [4.69, 9.17) is 0 Å². The Balaban J connectivity index is 2.38. The summed E-state index contributed by atoms with van der Waals surface area (Å²) >= 11 is 0. The molecular weight excluding hydrogens is 208 g/mol. The quantitative estimate of drug-likeness (QED) is 0.842. The summed E-state index contributed by atoms with van der Waals surface area (Å²) in [5.74, 6) is 0. The van der Waals surface area contributed by atoms with Crippen LogP contribution < -0.4 is 5.32 Å². The summed E-state index contributed by atoms with van der Waals surface area (Å²) < 4.78 is 0. The van der Waals surface area contributed by atoms with E-state index in [1.165, 1.54) is 42.6 Å². The normalized spacial score (nSPS) is 20.5. The molecule has 1 saturated heterocycles. The lowest BCUT2D eigenvalue weighted by molar-refractivity contribution is 0.164. The molecule has 0 aromatic heterocycles. The third-order valence-electron chi connectivity index (χ3n) is 4.44. The third-order valence-corrected chi connectivity index (χ3v) is 4.44. The Morgan fingerprint density at radius 2 is 1.82 bits per heavy atom. The van der Waals surface area contributed by atoms with E-state index < -0.39 is 0 Å². The topological polar surface area (TPSA) is 15.3 Å². The molecule has 0 amide bonds. The predicted octanol–water partition coefficient (Wildman–Crippen LogP) is 2.44. The minimum absolute atomic E-state index is 0.183. The van der Waals surface area contributed by atoms with Crippen LogP contribution >= 0.6 is 0 Å². The molecule has 17 heavy (non-hydrogen) atoms. The second-order valence-corrected chi connectivity index (χ2v) is 5.38. The predicted molar refractivity (Wildman–Crippen MR) is 73.4 cm³/mol. The molecule has 2 rings (SSSR count). The molecule has 94 valence electrons. The van der Waals surface area contributed by atoms with Crippen LogP contribution in [0.25, 0.3) is 0 Å². The van der Waals surface area contributed by atoms with E-state index in [1.54, 1.807) is 0 Å². The van der Waals surface area contributed by atoms with Gasteiger partial charge in [0.1, 0.15) is 0 Å². The van der Waals surface area contributed by atoms with Crippen LogP contribution in [0.4, 0.5) is 0 Å². The van der Waals surface area contributed by atoms with Gasteiger partial charge in [-0.05, 0) is 70.6 Å². The number of nitrogens with zero attached hydrogens (tertiary/aromatic N) is 1. The maximum Gasteiger partial charge on any atom is 0.0459 e. The van der Waals surface area contributed by atoms with Crippen LogP contribution in [0.3, 0.4) is 0 Å². The fourth-order valence-corrected chi connectivity index (χ4v) is 2.92. The van der Waals surface area contributed by atoms with Crippen molar-refractivity contribution in [1.82, 2.24) is 10.2 Å². The largest absolute Gasteiger partial charge is 0.310 e. The second kappa shape index (κ2) is 4.79. The molecule has 0 bridgehead atoms. The molecule has 1 heterocycles. The molecule has 1 N–H and O–H groups in total. The molecule has 0 atom stereocenters. The van der Waals surface area contributed by atoms with Gasteiger partial charge in [-0.2, -0.15) is 0 Å². The average Bonchev–Trinajstić information content (AvgIpc) is 2.35. The van der Waals surface area contributed by atoms with Crippen molar-refractivity contribution in [2.75, 3.05) is 27.2 Å². The van der Waals surface area contributed by atoms with Crippen LogP contribution in [0, 0.1) is 13.8 Å². The van der Waals surface area contributed by atoms with Gasteiger partial charge in [-0.3, -0.25) is 0 Å². The molecule has 1 aromatic carbocycles. The van der Waals surface area contributed by atoms with E-state index in [9.17, 15) is 0 Å². The van der Waals surface area contributed by atoms with E-state index in [2.05, 4.69) is 56.4 Å². The van der Waals surface area contributed by atoms with Gasteiger partial charge in [-0.15, -0.1) is 0 Å². The number of rotatable bonds is 2. The summed E-state index contributed by atoms with van der Waals surface area (Å²) in [4.78, 5) is 2.42.